The highest BCUT2D eigenvalue weighted by Gasteiger charge is 2.09. The van der Waals surface area contributed by atoms with Crippen molar-refractivity contribution < 1.29 is 9.15 Å². The Morgan fingerprint density at radius 1 is 1.26 bits per heavy atom. The Hall–Kier alpha value is -2.34. The monoisotopic (exact) mass is 276 g/mol. The summed E-state index contributed by atoms with van der Waals surface area (Å²) >= 11 is 5.61. The molecule has 0 saturated carbocycles. The third-order valence-corrected chi connectivity index (χ3v) is 2.61. The second-order valence-corrected chi connectivity index (χ2v) is 3.91. The molecule has 2 heterocycles. The number of benzene rings is 1. The molecule has 0 N–H and O–H groups in total. The van der Waals surface area contributed by atoms with Gasteiger partial charge in [0.1, 0.15) is 12.6 Å². The van der Waals surface area contributed by atoms with E-state index in [1.807, 2.05) is 30.3 Å². The van der Waals surface area contributed by atoms with Gasteiger partial charge >= 0.3 is 12.1 Å². The summed E-state index contributed by atoms with van der Waals surface area (Å²) in [5, 5.41) is 4.16. The first-order valence-electron chi connectivity index (χ1n) is 5.50. The third-order valence-electron chi connectivity index (χ3n) is 2.34. The lowest BCUT2D eigenvalue weighted by atomic mass is 10.3. The Labute approximate surface area is 113 Å². The first kappa shape index (κ1) is 11.7. The normalized spacial score (nSPS) is 10.6. The highest BCUT2D eigenvalue weighted by Crippen LogP contribution is 2.18. The van der Waals surface area contributed by atoms with Crippen molar-refractivity contribution in [2.24, 2.45) is 0 Å². The Morgan fingerprint density at radius 3 is 2.84 bits per heavy atom. The van der Waals surface area contributed by atoms with Crippen LogP contribution in [0, 0.1) is 0 Å². The molecule has 0 radical (unpaired) electrons. The van der Waals surface area contributed by atoms with Crippen molar-refractivity contribution in [2.75, 3.05) is 0 Å². The van der Waals surface area contributed by atoms with Gasteiger partial charge in [-0.2, -0.15) is 9.97 Å². The highest BCUT2D eigenvalue weighted by molar-refractivity contribution is 6.16. The van der Waals surface area contributed by atoms with Crippen LogP contribution in [-0.2, 0) is 5.88 Å². The molecule has 0 aliphatic rings. The fourth-order valence-corrected chi connectivity index (χ4v) is 1.60. The van der Waals surface area contributed by atoms with Crippen molar-refractivity contribution in [3.63, 3.8) is 0 Å². The third kappa shape index (κ3) is 2.58. The van der Waals surface area contributed by atoms with E-state index in [1.165, 1.54) is 6.26 Å². The Morgan fingerprint density at radius 2 is 2.11 bits per heavy atom. The molecule has 0 aliphatic carbocycles. The van der Waals surface area contributed by atoms with Crippen LogP contribution in [0.3, 0.4) is 0 Å². The van der Waals surface area contributed by atoms with E-state index in [9.17, 15) is 0 Å². The molecule has 19 heavy (non-hydrogen) atoms. The lowest BCUT2D eigenvalue weighted by Crippen LogP contribution is -1.94. The Bertz CT molecular complexity index is 665. The van der Waals surface area contributed by atoms with Crippen LogP contribution in [0.25, 0.3) is 5.69 Å². The number of halogens is 1. The minimum Gasteiger partial charge on any atom is -0.417 e. The van der Waals surface area contributed by atoms with Crippen molar-refractivity contribution in [3.8, 4) is 17.8 Å². The van der Waals surface area contributed by atoms with Gasteiger partial charge < -0.3 is 9.15 Å². The van der Waals surface area contributed by atoms with Crippen LogP contribution in [0.5, 0.6) is 12.1 Å². The number of rotatable bonds is 4. The summed E-state index contributed by atoms with van der Waals surface area (Å²) in [6.45, 7) is 0. The SMILES string of the molecule is ClCc1coc(Oc2ncn(-c3ccccc3)n2)n1. The molecule has 3 aromatic rings. The van der Waals surface area contributed by atoms with E-state index < -0.39 is 0 Å². The van der Waals surface area contributed by atoms with Crippen molar-refractivity contribution >= 4 is 11.6 Å². The predicted octanol–water partition coefficient (Wildman–Crippen LogP) is 2.79. The minimum absolute atomic E-state index is 0.0708. The van der Waals surface area contributed by atoms with Crippen LogP contribution in [0.4, 0.5) is 0 Å². The maximum Gasteiger partial charge on any atom is 0.401 e. The van der Waals surface area contributed by atoms with E-state index in [-0.39, 0.29) is 18.0 Å². The average molecular weight is 277 g/mol. The van der Waals surface area contributed by atoms with Crippen molar-refractivity contribution in [2.45, 2.75) is 5.88 Å². The van der Waals surface area contributed by atoms with Gasteiger partial charge in [-0.3, -0.25) is 0 Å². The lowest BCUT2D eigenvalue weighted by Gasteiger charge is -1.97. The van der Waals surface area contributed by atoms with Crippen LogP contribution in [0.15, 0.2) is 47.3 Å². The zero-order valence-corrected chi connectivity index (χ0v) is 10.5. The van der Waals surface area contributed by atoms with Crippen LogP contribution < -0.4 is 4.74 Å². The van der Waals surface area contributed by atoms with E-state index in [0.717, 1.165) is 5.69 Å². The molecule has 0 spiro atoms. The van der Waals surface area contributed by atoms with Crippen molar-refractivity contribution in [3.05, 3.63) is 48.6 Å². The summed E-state index contributed by atoms with van der Waals surface area (Å²) in [7, 11) is 0. The molecule has 0 atom stereocenters. The summed E-state index contributed by atoms with van der Waals surface area (Å²) in [6, 6.07) is 9.74. The van der Waals surface area contributed by atoms with Crippen LogP contribution in [0.2, 0.25) is 0 Å². The van der Waals surface area contributed by atoms with Gasteiger partial charge in [0.05, 0.1) is 17.3 Å². The molecule has 0 bridgehead atoms. The summed E-state index contributed by atoms with van der Waals surface area (Å²) in [6.07, 6.45) is 3.05. The largest absolute Gasteiger partial charge is 0.417 e. The van der Waals surface area contributed by atoms with Gasteiger partial charge in [0.25, 0.3) is 0 Å². The molecular weight excluding hydrogens is 268 g/mol. The topological polar surface area (TPSA) is 66.0 Å². The van der Waals surface area contributed by atoms with Crippen LogP contribution >= 0.6 is 11.6 Å². The first-order chi connectivity index (χ1) is 9.35. The number of alkyl halides is 1. The molecular formula is C12H9ClN4O2. The second-order valence-electron chi connectivity index (χ2n) is 3.65. The zero-order chi connectivity index (χ0) is 13.1. The minimum atomic E-state index is 0.0708. The maximum absolute atomic E-state index is 5.61. The first-order valence-corrected chi connectivity index (χ1v) is 6.04. The Kier molecular flexibility index (Phi) is 3.16. The maximum atomic E-state index is 5.61. The number of oxazole rings is 1. The standard InChI is InChI=1S/C12H9ClN4O2/c13-6-9-7-18-12(15-9)19-11-14-8-17(16-11)10-4-2-1-3-5-10/h1-5,7-8H,6H2. The van der Waals surface area contributed by atoms with Gasteiger partial charge in [-0.25, -0.2) is 4.68 Å². The summed E-state index contributed by atoms with van der Waals surface area (Å²) in [5.74, 6) is 0.263. The van der Waals surface area contributed by atoms with Crippen molar-refractivity contribution in [1.82, 2.24) is 19.7 Å². The van der Waals surface area contributed by atoms with E-state index in [2.05, 4.69) is 15.1 Å². The summed E-state index contributed by atoms with van der Waals surface area (Å²) in [5.41, 5.74) is 1.48. The molecule has 3 rings (SSSR count). The molecule has 0 saturated heterocycles. The molecule has 1 aromatic carbocycles. The molecule has 96 valence electrons. The fraction of sp³-hybridized carbons (Fsp3) is 0.0833. The van der Waals surface area contributed by atoms with E-state index >= 15 is 0 Å². The van der Waals surface area contributed by atoms with E-state index in [4.69, 9.17) is 20.8 Å². The van der Waals surface area contributed by atoms with Crippen LogP contribution in [0.1, 0.15) is 5.69 Å². The fourth-order valence-electron chi connectivity index (χ4n) is 1.47. The molecule has 6 nitrogen and oxygen atoms in total. The van der Waals surface area contributed by atoms with Gasteiger partial charge in [0.2, 0.25) is 0 Å². The summed E-state index contributed by atoms with van der Waals surface area (Å²) < 4.78 is 11.9. The molecule has 0 amide bonds. The number of para-hydroxylation sites is 1. The number of aromatic nitrogens is 4. The second kappa shape index (κ2) is 5.11. The highest BCUT2D eigenvalue weighted by atomic mass is 35.5. The number of hydrogen-bond donors (Lipinski definition) is 0. The Balaban J connectivity index is 1.78. The number of ether oxygens (including phenoxy) is 1. The average Bonchev–Trinajstić information content (AvgIpc) is 3.09. The molecule has 0 fully saturated rings. The van der Waals surface area contributed by atoms with Crippen LogP contribution in [-0.4, -0.2) is 19.7 Å². The number of hydrogen-bond acceptors (Lipinski definition) is 5. The van der Waals surface area contributed by atoms with E-state index in [1.54, 1.807) is 11.0 Å². The van der Waals surface area contributed by atoms with Crippen molar-refractivity contribution in [1.29, 1.82) is 0 Å². The molecule has 7 heteroatoms. The molecule has 0 aliphatic heterocycles. The van der Waals surface area contributed by atoms with Gasteiger partial charge in [0, 0.05) is 0 Å². The van der Waals surface area contributed by atoms with Gasteiger partial charge in [0.15, 0.2) is 0 Å². The number of nitrogens with zero attached hydrogens (tertiary/aromatic N) is 4. The molecule has 0 unspecified atom stereocenters. The quantitative estimate of drug-likeness (QED) is 0.686. The molecule has 2 aromatic heterocycles. The van der Waals surface area contributed by atoms with Gasteiger partial charge in [-0.15, -0.1) is 16.7 Å². The zero-order valence-electron chi connectivity index (χ0n) is 9.73. The summed E-state index contributed by atoms with van der Waals surface area (Å²) in [4.78, 5) is 8.02. The lowest BCUT2D eigenvalue weighted by molar-refractivity contribution is 0.311. The van der Waals surface area contributed by atoms with E-state index in [0.29, 0.717) is 5.69 Å². The smallest absolute Gasteiger partial charge is 0.401 e. The van der Waals surface area contributed by atoms with Gasteiger partial charge in [-0.05, 0) is 12.1 Å². The van der Waals surface area contributed by atoms with Gasteiger partial charge in [-0.1, -0.05) is 18.2 Å². The predicted molar refractivity (Wildman–Crippen MR) is 67.5 cm³/mol.